The molecular weight excluding hydrogens is 495 g/mol. The summed E-state index contributed by atoms with van der Waals surface area (Å²) in [7, 11) is 0. The highest BCUT2D eigenvalue weighted by molar-refractivity contribution is 5.97. The van der Waals surface area contributed by atoms with E-state index in [0.29, 0.717) is 25.0 Å². The van der Waals surface area contributed by atoms with Crippen LogP contribution in [0.15, 0.2) is 48.7 Å². The first kappa shape index (κ1) is 25.5. The van der Waals surface area contributed by atoms with Crippen LogP contribution < -0.4 is 0 Å². The maximum absolute atomic E-state index is 13.8. The summed E-state index contributed by atoms with van der Waals surface area (Å²) in [6.07, 6.45) is -1.28. The Bertz CT molecular complexity index is 1240. The number of hydrogen-bond acceptors (Lipinski definition) is 8. The molecule has 0 amide bonds. The van der Waals surface area contributed by atoms with Gasteiger partial charge in [0.15, 0.2) is 29.0 Å². The number of aliphatic hydroxyl groups is 2. The van der Waals surface area contributed by atoms with Crippen molar-refractivity contribution in [3.8, 4) is 11.3 Å². The predicted octanol–water partition coefficient (Wildman–Crippen LogP) is 2.43. The fourth-order valence-corrected chi connectivity index (χ4v) is 4.80. The largest absolute Gasteiger partial charge is 0.394 e. The fraction of sp³-hybridized carbons (Fsp3) is 0.400. The number of carbonyl (C=O) groups is 1. The number of ketones is 1. The van der Waals surface area contributed by atoms with Gasteiger partial charge in [-0.2, -0.15) is 0 Å². The first-order valence-electron chi connectivity index (χ1n) is 11.7. The summed E-state index contributed by atoms with van der Waals surface area (Å²) in [6, 6.07) is 8.98. The molecule has 5 rings (SSSR count). The average Bonchev–Trinajstić information content (AvgIpc) is 3.58. The molecule has 0 bridgehead atoms. The molecule has 2 aliphatic rings. The zero-order chi connectivity index (χ0) is 26.2. The minimum atomic E-state index is -1.61. The zero-order valence-corrected chi connectivity index (χ0v) is 19.5. The Balaban J connectivity index is 1.50. The Morgan fingerprint density at radius 2 is 1.92 bits per heavy atom. The number of rotatable bonds is 7. The fourth-order valence-electron chi connectivity index (χ4n) is 4.80. The lowest BCUT2D eigenvalue weighted by Gasteiger charge is -2.49. The Morgan fingerprint density at radius 1 is 1.19 bits per heavy atom. The summed E-state index contributed by atoms with van der Waals surface area (Å²) < 4.78 is 60.2. The lowest BCUT2D eigenvalue weighted by molar-refractivity contribution is -0.345. The first-order valence-corrected chi connectivity index (χ1v) is 11.7. The van der Waals surface area contributed by atoms with E-state index in [0.717, 1.165) is 12.1 Å². The maximum Gasteiger partial charge on any atom is 0.197 e. The molecule has 3 aromatic rings. The van der Waals surface area contributed by atoms with Gasteiger partial charge in [0, 0.05) is 17.5 Å². The van der Waals surface area contributed by atoms with Gasteiger partial charge in [-0.3, -0.25) is 4.79 Å². The number of halogens is 3. The molecule has 0 radical (unpaired) electrons. The minimum Gasteiger partial charge on any atom is -0.394 e. The number of hydrogen-bond donors (Lipinski definition) is 2. The van der Waals surface area contributed by atoms with Crippen molar-refractivity contribution in [2.45, 2.75) is 43.0 Å². The summed E-state index contributed by atoms with van der Waals surface area (Å²) in [5.74, 6) is -6.11. The van der Waals surface area contributed by atoms with Gasteiger partial charge in [-0.1, -0.05) is 35.5 Å². The summed E-state index contributed by atoms with van der Waals surface area (Å²) >= 11 is 0. The van der Waals surface area contributed by atoms with E-state index < -0.39 is 54.2 Å². The van der Waals surface area contributed by atoms with Crippen LogP contribution in [-0.2, 0) is 14.2 Å². The number of aliphatic hydroxyl groups excluding tert-OH is 2. The third-order valence-corrected chi connectivity index (χ3v) is 6.61. The van der Waals surface area contributed by atoms with Crippen LogP contribution in [0.3, 0.4) is 0 Å². The minimum absolute atomic E-state index is 0.00228. The van der Waals surface area contributed by atoms with E-state index in [4.69, 9.17) is 14.2 Å². The summed E-state index contributed by atoms with van der Waals surface area (Å²) in [6.45, 7) is -0.593. The molecule has 2 N–H and O–H groups in total. The second-order valence-corrected chi connectivity index (χ2v) is 8.94. The molecule has 5 atom stereocenters. The monoisotopic (exact) mass is 519 g/mol. The summed E-state index contributed by atoms with van der Waals surface area (Å²) in [5.41, 5.74) is 0.346. The predicted molar refractivity (Wildman–Crippen MR) is 121 cm³/mol. The second-order valence-electron chi connectivity index (χ2n) is 8.94. The van der Waals surface area contributed by atoms with Gasteiger partial charge < -0.3 is 24.4 Å². The van der Waals surface area contributed by atoms with Gasteiger partial charge in [-0.15, -0.1) is 5.10 Å². The number of Topliss-reactive ketones (excluding diaryl/α,β-unsaturated/α-hetero) is 1. The Kier molecular flexibility index (Phi) is 7.10. The number of ether oxygens (including phenoxy) is 3. The first-order chi connectivity index (χ1) is 17.8. The molecule has 2 saturated heterocycles. The van der Waals surface area contributed by atoms with Crippen molar-refractivity contribution in [3.63, 3.8) is 0 Å². The van der Waals surface area contributed by atoms with Crippen LogP contribution in [0.4, 0.5) is 13.2 Å². The van der Waals surface area contributed by atoms with E-state index >= 15 is 0 Å². The summed E-state index contributed by atoms with van der Waals surface area (Å²) in [5, 5.41) is 29.0. The SMILES string of the molecule is O=C(CO[C@@H]1[C@@H](n2cc(-c3cc(F)c(F)c(F)c3)nn2)[C@@H](O)[C@@H](CO)O[C@@]12CCCO2)c1ccccc1. The molecule has 0 aliphatic carbocycles. The molecule has 37 heavy (non-hydrogen) atoms. The number of benzene rings is 2. The lowest BCUT2D eigenvalue weighted by Crippen LogP contribution is -2.63. The van der Waals surface area contributed by atoms with Crippen LogP contribution in [0.2, 0.25) is 0 Å². The quantitative estimate of drug-likeness (QED) is 0.361. The normalized spacial score (nSPS) is 27.6. The van der Waals surface area contributed by atoms with Crippen molar-refractivity contribution < 1.29 is 42.4 Å². The molecule has 1 aromatic heterocycles. The third kappa shape index (κ3) is 4.78. The molecule has 12 heteroatoms. The smallest absolute Gasteiger partial charge is 0.197 e. The van der Waals surface area contributed by atoms with Crippen LogP contribution in [0, 0.1) is 17.5 Å². The van der Waals surface area contributed by atoms with Crippen molar-refractivity contribution >= 4 is 5.78 Å². The van der Waals surface area contributed by atoms with E-state index in [1.165, 1.54) is 10.9 Å². The van der Waals surface area contributed by atoms with Crippen molar-refractivity contribution in [2.75, 3.05) is 19.8 Å². The van der Waals surface area contributed by atoms with E-state index in [2.05, 4.69) is 10.3 Å². The van der Waals surface area contributed by atoms with Crippen molar-refractivity contribution in [2.24, 2.45) is 0 Å². The van der Waals surface area contributed by atoms with Gasteiger partial charge in [-0.25, -0.2) is 17.9 Å². The lowest BCUT2D eigenvalue weighted by atomic mass is 9.88. The maximum atomic E-state index is 13.8. The molecule has 2 aliphatic heterocycles. The Hall–Kier alpha value is -3.16. The van der Waals surface area contributed by atoms with Gasteiger partial charge in [0.1, 0.15) is 36.7 Å². The van der Waals surface area contributed by atoms with E-state index in [9.17, 15) is 28.2 Å². The van der Waals surface area contributed by atoms with Gasteiger partial charge >= 0.3 is 0 Å². The summed E-state index contributed by atoms with van der Waals surface area (Å²) in [4.78, 5) is 12.8. The number of nitrogens with zero attached hydrogens (tertiary/aromatic N) is 3. The van der Waals surface area contributed by atoms with Crippen LogP contribution in [0.5, 0.6) is 0 Å². The number of carbonyl (C=O) groups excluding carboxylic acids is 1. The van der Waals surface area contributed by atoms with Crippen molar-refractivity contribution in [3.05, 3.63) is 71.7 Å². The molecule has 2 fully saturated rings. The molecule has 0 saturated carbocycles. The second kappa shape index (κ2) is 10.3. The van der Waals surface area contributed by atoms with Crippen LogP contribution in [0.1, 0.15) is 29.2 Å². The topological polar surface area (TPSA) is 116 Å². The van der Waals surface area contributed by atoms with Gasteiger partial charge in [0.2, 0.25) is 0 Å². The van der Waals surface area contributed by atoms with Gasteiger partial charge in [0.05, 0.1) is 19.4 Å². The third-order valence-electron chi connectivity index (χ3n) is 6.61. The number of aromatic nitrogens is 3. The highest BCUT2D eigenvalue weighted by Crippen LogP contribution is 2.44. The van der Waals surface area contributed by atoms with E-state index in [1.807, 2.05) is 0 Å². The Morgan fingerprint density at radius 3 is 2.57 bits per heavy atom. The molecule has 9 nitrogen and oxygen atoms in total. The molecule has 2 aromatic carbocycles. The highest BCUT2D eigenvalue weighted by Gasteiger charge is 2.58. The zero-order valence-electron chi connectivity index (χ0n) is 19.5. The van der Waals surface area contributed by atoms with Crippen molar-refractivity contribution in [1.82, 2.24) is 15.0 Å². The van der Waals surface area contributed by atoms with Crippen LogP contribution >= 0.6 is 0 Å². The van der Waals surface area contributed by atoms with E-state index in [1.54, 1.807) is 30.3 Å². The molecule has 1 spiro atoms. The average molecular weight is 519 g/mol. The van der Waals surface area contributed by atoms with Crippen LogP contribution in [0.25, 0.3) is 11.3 Å². The van der Waals surface area contributed by atoms with E-state index in [-0.39, 0.29) is 23.6 Å². The highest BCUT2D eigenvalue weighted by atomic mass is 19.2. The van der Waals surface area contributed by atoms with Crippen molar-refractivity contribution in [1.29, 1.82) is 0 Å². The molecular formula is C25H24F3N3O6. The molecule has 0 unspecified atom stereocenters. The Labute approximate surface area is 209 Å². The van der Waals surface area contributed by atoms with Gasteiger partial charge in [-0.05, 0) is 18.6 Å². The standard InChI is InChI=1S/C25H24F3N3O6/c26-16-9-15(10-17(27)21(16)28)18-11-31(30-29-18)22-23(34)20(12-32)37-25(7-4-8-36-25)24(22)35-13-19(33)14-5-2-1-3-6-14/h1-3,5-6,9-11,20,22-24,32,34H,4,7-8,12-13H2/t20-,22+,23+,24-,25+/m1/s1. The molecule has 196 valence electrons. The van der Waals surface area contributed by atoms with Crippen LogP contribution in [-0.4, -0.2) is 74.9 Å². The van der Waals surface area contributed by atoms with Gasteiger partial charge in [0.25, 0.3) is 0 Å². The molecule has 3 heterocycles.